The third-order valence-electron chi connectivity index (χ3n) is 4.29. The molecule has 0 spiro atoms. The molecule has 0 aliphatic carbocycles. The molecule has 0 radical (unpaired) electrons. The molecule has 8 heteroatoms. The number of fused-ring (bicyclic) bond motifs is 1. The number of hydrogen-bond donors (Lipinski definition) is 2. The quantitative estimate of drug-likeness (QED) is 0.256. The van der Waals surface area contributed by atoms with Crippen molar-refractivity contribution in [3.8, 4) is 5.75 Å². The van der Waals surface area contributed by atoms with Gasteiger partial charge in [-0.2, -0.15) is 0 Å². The van der Waals surface area contributed by atoms with Crippen molar-refractivity contribution in [1.82, 2.24) is 19.9 Å². The highest BCUT2D eigenvalue weighted by Gasteiger charge is 2.18. The van der Waals surface area contributed by atoms with Crippen molar-refractivity contribution in [2.24, 2.45) is 0 Å². The standard InChI is InChI=1S/C21H19N5O2S/c1-2-17-16(12-27)18-19(23-13-28-14-7-4-3-5-8-14)25-21(26-20(18)24-17)29-15-9-6-10-22-11-15/h3-12H,2,13H2,1H3,(H2,23,24,25,26). The fraction of sp³-hybridized carbons (Fsp3) is 0.143. The maximum atomic E-state index is 11.7. The van der Waals surface area contributed by atoms with Crippen LogP contribution in [0.5, 0.6) is 5.75 Å². The van der Waals surface area contributed by atoms with Crippen molar-refractivity contribution in [2.45, 2.75) is 23.4 Å². The Hall–Kier alpha value is -3.39. The number of H-pyrrole nitrogens is 1. The highest BCUT2D eigenvalue weighted by Crippen LogP contribution is 2.31. The number of aryl methyl sites for hydroxylation is 1. The van der Waals surface area contributed by atoms with Crippen molar-refractivity contribution < 1.29 is 9.53 Å². The lowest BCUT2D eigenvalue weighted by atomic mass is 10.1. The summed E-state index contributed by atoms with van der Waals surface area (Å²) in [6, 6.07) is 13.3. The number of para-hydroxylation sites is 1. The summed E-state index contributed by atoms with van der Waals surface area (Å²) in [7, 11) is 0. The number of hydrogen-bond acceptors (Lipinski definition) is 7. The molecule has 0 aliphatic rings. The molecule has 4 rings (SSSR count). The second-order valence-corrected chi connectivity index (χ2v) is 7.18. The average Bonchev–Trinajstić information content (AvgIpc) is 3.13. The van der Waals surface area contributed by atoms with E-state index < -0.39 is 0 Å². The molecule has 0 amide bonds. The number of nitrogens with one attached hydrogen (secondary N) is 2. The van der Waals surface area contributed by atoms with E-state index in [1.807, 2.05) is 49.4 Å². The van der Waals surface area contributed by atoms with E-state index in [0.717, 1.165) is 22.6 Å². The number of ether oxygens (including phenoxy) is 1. The highest BCUT2D eigenvalue weighted by atomic mass is 32.2. The minimum absolute atomic E-state index is 0.206. The predicted molar refractivity (Wildman–Crippen MR) is 113 cm³/mol. The van der Waals surface area contributed by atoms with Crippen LogP contribution in [0.3, 0.4) is 0 Å². The Morgan fingerprint density at radius 1 is 1.17 bits per heavy atom. The second kappa shape index (κ2) is 8.74. The van der Waals surface area contributed by atoms with Crippen LogP contribution in [0.2, 0.25) is 0 Å². The van der Waals surface area contributed by atoms with Gasteiger partial charge in [-0.1, -0.05) is 25.1 Å². The van der Waals surface area contributed by atoms with Gasteiger partial charge in [-0.15, -0.1) is 0 Å². The van der Waals surface area contributed by atoms with Crippen LogP contribution >= 0.6 is 11.8 Å². The molecule has 0 atom stereocenters. The molecule has 1 aromatic carbocycles. The average molecular weight is 405 g/mol. The van der Waals surface area contributed by atoms with E-state index >= 15 is 0 Å². The number of aromatic nitrogens is 4. The van der Waals surface area contributed by atoms with Gasteiger partial charge in [-0.25, -0.2) is 9.97 Å². The normalized spacial score (nSPS) is 10.8. The van der Waals surface area contributed by atoms with Crippen LogP contribution in [0.1, 0.15) is 23.0 Å². The van der Waals surface area contributed by atoms with Gasteiger partial charge in [0.1, 0.15) is 17.2 Å². The summed E-state index contributed by atoms with van der Waals surface area (Å²) in [4.78, 5) is 29.3. The summed E-state index contributed by atoms with van der Waals surface area (Å²) < 4.78 is 5.74. The Morgan fingerprint density at radius 2 is 2.03 bits per heavy atom. The van der Waals surface area contributed by atoms with Gasteiger partial charge in [0.25, 0.3) is 0 Å². The van der Waals surface area contributed by atoms with Gasteiger partial charge in [-0.05, 0) is 42.4 Å². The first-order valence-corrected chi connectivity index (χ1v) is 9.97. The van der Waals surface area contributed by atoms with Crippen molar-refractivity contribution in [3.63, 3.8) is 0 Å². The number of benzene rings is 1. The molecular formula is C21H19N5O2S. The van der Waals surface area contributed by atoms with Crippen molar-refractivity contribution in [1.29, 1.82) is 0 Å². The van der Waals surface area contributed by atoms with Gasteiger partial charge in [-0.3, -0.25) is 9.78 Å². The molecule has 146 valence electrons. The molecule has 0 unspecified atom stereocenters. The number of anilines is 1. The molecule has 0 bridgehead atoms. The fourth-order valence-corrected chi connectivity index (χ4v) is 3.69. The summed E-state index contributed by atoms with van der Waals surface area (Å²) in [6.07, 6.45) is 5.01. The summed E-state index contributed by atoms with van der Waals surface area (Å²) >= 11 is 1.40. The molecule has 29 heavy (non-hydrogen) atoms. The SMILES string of the molecule is CCc1[nH]c2nc(Sc3cccnc3)nc(NCOc3ccccc3)c2c1C=O. The first kappa shape index (κ1) is 18.9. The van der Waals surface area contributed by atoms with Gasteiger partial charge in [0.2, 0.25) is 0 Å². The largest absolute Gasteiger partial charge is 0.473 e. The summed E-state index contributed by atoms with van der Waals surface area (Å²) in [5.41, 5.74) is 2.02. The van der Waals surface area contributed by atoms with Crippen LogP contribution in [0.25, 0.3) is 11.0 Å². The maximum Gasteiger partial charge on any atom is 0.196 e. The van der Waals surface area contributed by atoms with Gasteiger partial charge in [0.15, 0.2) is 18.2 Å². The van der Waals surface area contributed by atoms with E-state index in [1.165, 1.54) is 11.8 Å². The Kier molecular flexibility index (Phi) is 5.71. The number of rotatable bonds is 8. The lowest BCUT2D eigenvalue weighted by Crippen LogP contribution is -2.11. The van der Waals surface area contributed by atoms with Gasteiger partial charge >= 0.3 is 0 Å². The van der Waals surface area contributed by atoms with E-state index in [1.54, 1.807) is 12.4 Å². The molecule has 0 saturated heterocycles. The first-order valence-electron chi connectivity index (χ1n) is 9.16. The molecule has 0 fully saturated rings. The number of carbonyl (C=O) groups is 1. The van der Waals surface area contributed by atoms with Crippen LogP contribution < -0.4 is 10.1 Å². The topological polar surface area (TPSA) is 92.8 Å². The van der Waals surface area contributed by atoms with Gasteiger partial charge < -0.3 is 15.0 Å². The van der Waals surface area contributed by atoms with Crippen LogP contribution in [0, 0.1) is 0 Å². The zero-order valence-corrected chi connectivity index (χ0v) is 16.6. The number of aldehydes is 1. The monoisotopic (exact) mass is 405 g/mol. The fourth-order valence-electron chi connectivity index (χ4n) is 2.95. The van der Waals surface area contributed by atoms with Gasteiger partial charge in [0, 0.05) is 28.5 Å². The molecule has 7 nitrogen and oxygen atoms in total. The van der Waals surface area contributed by atoms with Crippen molar-refractivity contribution >= 4 is 34.9 Å². The minimum Gasteiger partial charge on any atom is -0.473 e. The number of carbonyl (C=O) groups excluding carboxylic acids is 1. The van der Waals surface area contributed by atoms with Crippen LogP contribution in [0.4, 0.5) is 5.82 Å². The van der Waals surface area contributed by atoms with Crippen molar-refractivity contribution in [3.05, 3.63) is 66.1 Å². The predicted octanol–water partition coefficient (Wildman–Crippen LogP) is 4.33. The maximum absolute atomic E-state index is 11.7. The number of nitrogens with zero attached hydrogens (tertiary/aromatic N) is 3. The molecule has 3 aromatic heterocycles. The minimum atomic E-state index is 0.206. The lowest BCUT2D eigenvalue weighted by Gasteiger charge is -2.10. The highest BCUT2D eigenvalue weighted by molar-refractivity contribution is 7.99. The van der Waals surface area contributed by atoms with Gasteiger partial charge in [0.05, 0.1) is 5.39 Å². The van der Waals surface area contributed by atoms with E-state index in [2.05, 4.69) is 25.3 Å². The Morgan fingerprint density at radius 3 is 2.76 bits per heavy atom. The van der Waals surface area contributed by atoms with Crippen molar-refractivity contribution in [2.75, 3.05) is 12.0 Å². The third kappa shape index (κ3) is 4.22. The lowest BCUT2D eigenvalue weighted by molar-refractivity contribution is 0.112. The second-order valence-electron chi connectivity index (χ2n) is 6.14. The Bertz CT molecular complexity index is 1120. The zero-order valence-electron chi connectivity index (χ0n) is 15.8. The van der Waals surface area contributed by atoms with Crippen LogP contribution in [0.15, 0.2) is 64.9 Å². The number of aromatic amines is 1. The van der Waals surface area contributed by atoms with E-state index in [0.29, 0.717) is 34.0 Å². The van der Waals surface area contributed by atoms with E-state index in [9.17, 15) is 4.79 Å². The molecule has 3 heterocycles. The number of pyridine rings is 1. The zero-order chi connectivity index (χ0) is 20.1. The smallest absolute Gasteiger partial charge is 0.196 e. The Labute approximate surface area is 172 Å². The first-order chi connectivity index (χ1) is 14.3. The van der Waals surface area contributed by atoms with Crippen LogP contribution in [-0.4, -0.2) is 33.0 Å². The van der Waals surface area contributed by atoms with E-state index in [4.69, 9.17) is 4.74 Å². The molecule has 4 aromatic rings. The molecular weight excluding hydrogens is 386 g/mol. The summed E-state index contributed by atoms with van der Waals surface area (Å²) in [6.45, 7) is 2.19. The third-order valence-corrected chi connectivity index (χ3v) is 5.13. The Balaban J connectivity index is 1.68. The molecule has 2 N–H and O–H groups in total. The summed E-state index contributed by atoms with van der Waals surface area (Å²) in [5.74, 6) is 1.30. The molecule has 0 aliphatic heterocycles. The summed E-state index contributed by atoms with van der Waals surface area (Å²) in [5, 5.41) is 4.41. The van der Waals surface area contributed by atoms with E-state index in [-0.39, 0.29) is 6.73 Å². The van der Waals surface area contributed by atoms with Crippen LogP contribution in [-0.2, 0) is 6.42 Å². The molecule has 0 saturated carbocycles.